The van der Waals surface area contributed by atoms with Crippen molar-refractivity contribution in [3.8, 4) is 5.75 Å². The van der Waals surface area contributed by atoms with Crippen LogP contribution in [-0.4, -0.2) is 47.0 Å². The van der Waals surface area contributed by atoms with Crippen LogP contribution >= 0.6 is 23.2 Å². The smallest absolute Gasteiger partial charge is 0.227 e. The molecule has 0 aromatic heterocycles. The molecule has 0 radical (unpaired) electrons. The van der Waals surface area contributed by atoms with Gasteiger partial charge in [-0.2, -0.15) is 0 Å². The van der Waals surface area contributed by atoms with E-state index in [-0.39, 0.29) is 24.1 Å². The number of benzene rings is 2. The Balaban J connectivity index is 1.62. The second-order valence-electron chi connectivity index (χ2n) is 8.11. The van der Waals surface area contributed by atoms with E-state index in [2.05, 4.69) is 4.90 Å². The minimum atomic E-state index is -0.0206. The normalized spacial score (nSPS) is 21.8. The Morgan fingerprint density at radius 1 is 1.14 bits per heavy atom. The predicted octanol–water partition coefficient (Wildman–Crippen LogP) is 4.85. The van der Waals surface area contributed by atoms with Crippen molar-refractivity contribution in [3.05, 3.63) is 63.1 Å². The van der Waals surface area contributed by atoms with Crippen LogP contribution in [0.3, 0.4) is 0 Å². The number of phenols is 1. The summed E-state index contributed by atoms with van der Waals surface area (Å²) in [5, 5.41) is 10.9. The molecule has 2 atom stereocenters. The average Bonchev–Trinajstić information content (AvgIpc) is 3.24. The maximum absolute atomic E-state index is 13.2. The second-order valence-corrected chi connectivity index (χ2v) is 8.92. The van der Waals surface area contributed by atoms with Gasteiger partial charge in [-0.25, -0.2) is 0 Å². The summed E-state index contributed by atoms with van der Waals surface area (Å²) in [6.45, 7) is 2.17. The molecule has 4 rings (SSSR count). The Kier molecular flexibility index (Phi) is 6.05. The van der Waals surface area contributed by atoms with Crippen LogP contribution in [0.1, 0.15) is 42.0 Å². The number of fused-ring (bicyclic) bond motifs is 1. The van der Waals surface area contributed by atoms with Crippen molar-refractivity contribution in [3.63, 3.8) is 0 Å². The molecule has 1 N–H and O–H groups in total. The molecule has 1 aliphatic heterocycles. The molecule has 1 fully saturated rings. The highest BCUT2D eigenvalue weighted by Gasteiger charge is 2.38. The predicted molar refractivity (Wildman–Crippen MR) is 117 cm³/mol. The molecule has 154 valence electrons. The van der Waals surface area contributed by atoms with E-state index < -0.39 is 0 Å². The number of nitrogens with zero attached hydrogens (tertiary/aromatic N) is 2. The summed E-state index contributed by atoms with van der Waals surface area (Å²) in [7, 11) is 1.90. The molecule has 0 saturated carbocycles. The molecule has 1 amide bonds. The molecular formula is C23H26Cl2N2O2. The minimum absolute atomic E-state index is 0.0206. The van der Waals surface area contributed by atoms with Gasteiger partial charge in [0.05, 0.1) is 22.5 Å². The van der Waals surface area contributed by atoms with Crippen molar-refractivity contribution in [1.29, 1.82) is 0 Å². The van der Waals surface area contributed by atoms with Gasteiger partial charge in [0, 0.05) is 13.1 Å². The molecule has 2 aromatic rings. The molecule has 1 aliphatic carbocycles. The first kappa shape index (κ1) is 20.5. The molecule has 0 unspecified atom stereocenters. The maximum atomic E-state index is 13.2. The highest BCUT2D eigenvalue weighted by molar-refractivity contribution is 6.42. The molecule has 6 heteroatoms. The first-order valence-electron chi connectivity index (χ1n) is 10.2. The molecule has 2 aromatic carbocycles. The minimum Gasteiger partial charge on any atom is -0.508 e. The molecule has 0 bridgehead atoms. The topological polar surface area (TPSA) is 43.8 Å². The number of carbonyl (C=O) groups excluding carboxylic acids is 1. The van der Waals surface area contributed by atoms with Gasteiger partial charge < -0.3 is 10.0 Å². The van der Waals surface area contributed by atoms with Crippen LogP contribution < -0.4 is 0 Å². The zero-order valence-corrected chi connectivity index (χ0v) is 18.1. The fourth-order valence-electron chi connectivity index (χ4n) is 4.79. The van der Waals surface area contributed by atoms with Crippen LogP contribution in [0.15, 0.2) is 36.4 Å². The molecule has 2 aliphatic rings. The SMILES string of the molecule is CN(C(=O)Cc1ccc(Cl)c(Cl)c1)[C@@H]1c2ccc(O)cc2CC[C@H]1N1CCCC1. The Bertz CT molecular complexity index is 912. The number of rotatable bonds is 4. The van der Waals surface area contributed by atoms with Gasteiger partial charge in [0.15, 0.2) is 0 Å². The lowest BCUT2D eigenvalue weighted by Crippen LogP contribution is -2.48. The summed E-state index contributed by atoms with van der Waals surface area (Å²) in [5.41, 5.74) is 3.14. The van der Waals surface area contributed by atoms with Gasteiger partial charge in [0.1, 0.15) is 5.75 Å². The van der Waals surface area contributed by atoms with Crippen LogP contribution in [0, 0.1) is 0 Å². The Morgan fingerprint density at radius 3 is 2.62 bits per heavy atom. The van der Waals surface area contributed by atoms with Crippen molar-refractivity contribution in [1.82, 2.24) is 9.80 Å². The van der Waals surface area contributed by atoms with Gasteiger partial charge in [-0.05, 0) is 79.7 Å². The Labute approximate surface area is 182 Å². The van der Waals surface area contributed by atoms with Crippen LogP contribution in [0.5, 0.6) is 5.75 Å². The van der Waals surface area contributed by atoms with E-state index >= 15 is 0 Å². The zero-order valence-electron chi connectivity index (χ0n) is 16.6. The number of likely N-dealkylation sites (tertiary alicyclic amines) is 1. The van der Waals surface area contributed by atoms with Crippen molar-refractivity contribution in [2.75, 3.05) is 20.1 Å². The van der Waals surface area contributed by atoms with E-state index in [9.17, 15) is 9.90 Å². The van der Waals surface area contributed by atoms with Crippen molar-refractivity contribution in [2.24, 2.45) is 0 Å². The summed E-state index contributed by atoms with van der Waals surface area (Å²) in [6, 6.07) is 11.2. The van der Waals surface area contributed by atoms with Gasteiger partial charge in [-0.15, -0.1) is 0 Å². The van der Waals surface area contributed by atoms with E-state index in [0.29, 0.717) is 16.1 Å². The quantitative estimate of drug-likeness (QED) is 0.750. The highest BCUT2D eigenvalue weighted by atomic mass is 35.5. The first-order valence-corrected chi connectivity index (χ1v) is 10.9. The molecule has 4 nitrogen and oxygen atoms in total. The molecule has 29 heavy (non-hydrogen) atoms. The monoisotopic (exact) mass is 432 g/mol. The van der Waals surface area contributed by atoms with Crippen molar-refractivity contribution in [2.45, 2.75) is 44.2 Å². The third-order valence-corrected chi connectivity index (χ3v) is 7.02. The standard InChI is InChI=1S/C23H26Cl2N2O2/c1-26(22(29)13-15-4-8-19(24)20(25)12-15)23-18-7-6-17(28)14-16(18)5-9-21(23)27-10-2-3-11-27/h4,6-8,12,14,21,23,28H,2-3,5,9-11,13H2,1H3/t21-,23-/m1/s1. The van der Waals surface area contributed by atoms with Crippen molar-refractivity contribution < 1.29 is 9.90 Å². The van der Waals surface area contributed by atoms with E-state index in [4.69, 9.17) is 23.2 Å². The maximum Gasteiger partial charge on any atom is 0.227 e. The zero-order chi connectivity index (χ0) is 20.5. The number of halogens is 2. The third-order valence-electron chi connectivity index (χ3n) is 6.28. The summed E-state index contributed by atoms with van der Waals surface area (Å²) < 4.78 is 0. The number of hydrogen-bond donors (Lipinski definition) is 1. The molecule has 1 saturated heterocycles. The number of aromatic hydroxyl groups is 1. The van der Waals surface area contributed by atoms with Crippen molar-refractivity contribution >= 4 is 29.1 Å². The lowest BCUT2D eigenvalue weighted by Gasteiger charge is -2.43. The highest BCUT2D eigenvalue weighted by Crippen LogP contribution is 2.39. The number of aryl methyl sites for hydroxylation is 1. The van der Waals surface area contributed by atoms with Gasteiger partial charge in [0.25, 0.3) is 0 Å². The third kappa shape index (κ3) is 4.25. The van der Waals surface area contributed by atoms with Gasteiger partial charge in [-0.3, -0.25) is 9.69 Å². The van der Waals surface area contributed by atoms with E-state index in [0.717, 1.165) is 42.6 Å². The lowest BCUT2D eigenvalue weighted by molar-refractivity contribution is -0.133. The van der Waals surface area contributed by atoms with Gasteiger partial charge >= 0.3 is 0 Å². The lowest BCUT2D eigenvalue weighted by atomic mass is 9.82. The van der Waals surface area contributed by atoms with Crippen LogP contribution in [0.25, 0.3) is 0 Å². The number of likely N-dealkylation sites (N-methyl/N-ethyl adjacent to an activating group) is 1. The van der Waals surface area contributed by atoms with Gasteiger partial charge in [-0.1, -0.05) is 35.3 Å². The van der Waals surface area contributed by atoms with E-state index in [1.807, 2.05) is 30.1 Å². The summed E-state index contributed by atoms with van der Waals surface area (Å²) in [5.74, 6) is 0.338. The van der Waals surface area contributed by atoms with Crippen LogP contribution in [0.4, 0.5) is 0 Å². The molecule has 1 heterocycles. The van der Waals surface area contributed by atoms with Crippen LogP contribution in [-0.2, 0) is 17.6 Å². The fraction of sp³-hybridized carbons (Fsp3) is 0.435. The fourth-order valence-corrected chi connectivity index (χ4v) is 5.11. The summed E-state index contributed by atoms with van der Waals surface area (Å²) in [6.07, 6.45) is 4.63. The number of amides is 1. The van der Waals surface area contributed by atoms with Crippen LogP contribution in [0.2, 0.25) is 10.0 Å². The first-order chi connectivity index (χ1) is 13.9. The number of carbonyl (C=O) groups is 1. The second kappa shape index (κ2) is 8.55. The van der Waals surface area contributed by atoms with E-state index in [1.165, 1.54) is 12.8 Å². The molecule has 0 spiro atoms. The Hall–Kier alpha value is -1.75. The molecular weight excluding hydrogens is 407 g/mol. The largest absolute Gasteiger partial charge is 0.508 e. The number of hydrogen-bond acceptors (Lipinski definition) is 3. The van der Waals surface area contributed by atoms with Gasteiger partial charge in [0.2, 0.25) is 5.91 Å². The summed E-state index contributed by atoms with van der Waals surface area (Å²) >= 11 is 12.1. The van der Waals surface area contributed by atoms with E-state index in [1.54, 1.807) is 18.2 Å². The average molecular weight is 433 g/mol. The Morgan fingerprint density at radius 2 is 1.90 bits per heavy atom. The summed E-state index contributed by atoms with van der Waals surface area (Å²) in [4.78, 5) is 17.6. The number of phenolic OH excluding ortho intramolecular Hbond substituents is 1.